The third-order valence-corrected chi connectivity index (χ3v) is 6.09. The predicted octanol–water partition coefficient (Wildman–Crippen LogP) is 5.51. The number of carbonyl (C=O) groups is 2. The van der Waals surface area contributed by atoms with Crippen molar-refractivity contribution in [2.24, 2.45) is 0 Å². The van der Waals surface area contributed by atoms with Gasteiger partial charge in [0.2, 0.25) is 5.91 Å². The first-order chi connectivity index (χ1) is 14.8. The zero-order valence-corrected chi connectivity index (χ0v) is 20.8. The van der Waals surface area contributed by atoms with Gasteiger partial charge in [0.25, 0.3) is 5.91 Å². The molecular formula is C24H30BrClN2O3. The number of aryl methyl sites for hydroxylation is 1. The summed E-state index contributed by atoms with van der Waals surface area (Å²) in [4.78, 5) is 27.8. The Morgan fingerprint density at radius 1 is 1.16 bits per heavy atom. The molecule has 0 radical (unpaired) electrons. The average molecular weight is 510 g/mol. The summed E-state index contributed by atoms with van der Waals surface area (Å²) in [6, 6.07) is 12.4. The lowest BCUT2D eigenvalue weighted by atomic mass is 10.1. The van der Waals surface area contributed by atoms with E-state index in [2.05, 4.69) is 21.2 Å². The highest BCUT2D eigenvalue weighted by atomic mass is 79.9. The zero-order valence-electron chi connectivity index (χ0n) is 18.5. The van der Waals surface area contributed by atoms with Crippen LogP contribution in [0.4, 0.5) is 0 Å². The summed E-state index contributed by atoms with van der Waals surface area (Å²) in [5.74, 6) is 0.119. The highest BCUT2D eigenvalue weighted by Gasteiger charge is 2.29. The molecule has 1 N–H and O–H groups in total. The number of carbonyl (C=O) groups excluding carboxylic acids is 2. The van der Waals surface area contributed by atoms with Crippen LogP contribution in [0.1, 0.15) is 44.7 Å². The number of hydrogen-bond acceptors (Lipinski definition) is 3. The number of nitrogens with one attached hydrogen (secondary N) is 1. The molecule has 2 aromatic rings. The van der Waals surface area contributed by atoms with Crippen molar-refractivity contribution in [3.8, 4) is 5.75 Å². The molecule has 2 amide bonds. The van der Waals surface area contributed by atoms with Crippen LogP contribution in [0.3, 0.4) is 0 Å². The van der Waals surface area contributed by atoms with Gasteiger partial charge in [0.05, 0.1) is 4.47 Å². The first kappa shape index (κ1) is 25.2. The highest BCUT2D eigenvalue weighted by Crippen LogP contribution is 2.28. The van der Waals surface area contributed by atoms with E-state index in [-0.39, 0.29) is 24.5 Å². The normalized spacial score (nSPS) is 12.7. The SMILES string of the molecule is CC[C@@H](C)NC(=O)[C@@H](CC)N(Cc1ccccc1C)C(=O)COc1ccc(Cl)cc1Br. The molecule has 2 atom stereocenters. The Bertz CT molecular complexity index is 906. The van der Waals surface area contributed by atoms with E-state index in [1.807, 2.05) is 52.0 Å². The molecule has 0 heterocycles. The van der Waals surface area contributed by atoms with E-state index < -0.39 is 6.04 Å². The van der Waals surface area contributed by atoms with E-state index in [1.54, 1.807) is 23.1 Å². The monoisotopic (exact) mass is 508 g/mol. The van der Waals surface area contributed by atoms with Gasteiger partial charge in [-0.3, -0.25) is 9.59 Å². The van der Waals surface area contributed by atoms with Crippen molar-refractivity contribution in [1.82, 2.24) is 10.2 Å². The van der Waals surface area contributed by atoms with Gasteiger partial charge in [0.15, 0.2) is 6.61 Å². The molecule has 0 unspecified atom stereocenters. The van der Waals surface area contributed by atoms with Gasteiger partial charge in [-0.15, -0.1) is 0 Å². The first-order valence-electron chi connectivity index (χ1n) is 10.5. The van der Waals surface area contributed by atoms with Gasteiger partial charge in [-0.25, -0.2) is 0 Å². The van der Waals surface area contributed by atoms with Crippen molar-refractivity contribution in [2.45, 2.75) is 59.2 Å². The second-order valence-corrected chi connectivity index (χ2v) is 8.84. The molecule has 0 bridgehead atoms. The first-order valence-corrected chi connectivity index (χ1v) is 11.7. The van der Waals surface area contributed by atoms with E-state index in [9.17, 15) is 9.59 Å². The van der Waals surface area contributed by atoms with Gasteiger partial charge >= 0.3 is 0 Å². The van der Waals surface area contributed by atoms with Crippen LogP contribution in [0, 0.1) is 6.92 Å². The van der Waals surface area contributed by atoms with Gasteiger partial charge in [0.1, 0.15) is 11.8 Å². The molecule has 0 aliphatic rings. The molecule has 7 heteroatoms. The fourth-order valence-corrected chi connectivity index (χ4v) is 3.94. The molecular weight excluding hydrogens is 480 g/mol. The number of amides is 2. The zero-order chi connectivity index (χ0) is 23.0. The van der Waals surface area contributed by atoms with Gasteiger partial charge in [-0.1, -0.05) is 49.7 Å². The minimum Gasteiger partial charge on any atom is -0.483 e. The molecule has 0 fully saturated rings. The summed E-state index contributed by atoms with van der Waals surface area (Å²) >= 11 is 9.38. The number of ether oxygens (including phenoxy) is 1. The van der Waals surface area contributed by atoms with Crippen molar-refractivity contribution in [3.63, 3.8) is 0 Å². The Morgan fingerprint density at radius 3 is 2.48 bits per heavy atom. The van der Waals surface area contributed by atoms with Crippen molar-refractivity contribution in [3.05, 3.63) is 63.1 Å². The van der Waals surface area contributed by atoms with Gasteiger partial charge in [-0.2, -0.15) is 0 Å². The third-order valence-electron chi connectivity index (χ3n) is 5.23. The average Bonchev–Trinajstić information content (AvgIpc) is 2.74. The summed E-state index contributed by atoms with van der Waals surface area (Å²) < 4.78 is 6.42. The lowest BCUT2D eigenvalue weighted by Crippen LogP contribution is -2.51. The van der Waals surface area contributed by atoms with E-state index in [0.29, 0.717) is 28.2 Å². The molecule has 0 aliphatic carbocycles. The van der Waals surface area contributed by atoms with E-state index in [4.69, 9.17) is 16.3 Å². The number of nitrogens with zero attached hydrogens (tertiary/aromatic N) is 1. The van der Waals surface area contributed by atoms with Crippen molar-refractivity contribution in [1.29, 1.82) is 0 Å². The minimum atomic E-state index is -0.585. The van der Waals surface area contributed by atoms with Gasteiger partial charge < -0.3 is 15.0 Å². The lowest BCUT2D eigenvalue weighted by molar-refractivity contribution is -0.143. The molecule has 2 rings (SSSR count). The van der Waals surface area contributed by atoms with E-state index in [0.717, 1.165) is 17.5 Å². The van der Waals surface area contributed by atoms with Crippen molar-refractivity contribution >= 4 is 39.3 Å². The Morgan fingerprint density at radius 2 is 1.87 bits per heavy atom. The van der Waals surface area contributed by atoms with Crippen LogP contribution in [-0.2, 0) is 16.1 Å². The summed E-state index contributed by atoms with van der Waals surface area (Å²) in [6.45, 7) is 8.04. The molecule has 0 saturated carbocycles. The van der Waals surface area contributed by atoms with Crippen LogP contribution >= 0.6 is 27.5 Å². The second kappa shape index (κ2) is 12.1. The lowest BCUT2D eigenvalue weighted by Gasteiger charge is -2.31. The molecule has 168 valence electrons. The fourth-order valence-electron chi connectivity index (χ4n) is 3.15. The number of rotatable bonds is 10. The van der Waals surface area contributed by atoms with Gasteiger partial charge in [-0.05, 0) is 71.9 Å². The summed E-state index contributed by atoms with van der Waals surface area (Å²) in [5.41, 5.74) is 2.07. The number of halogens is 2. The Hall–Kier alpha value is -2.05. The van der Waals surface area contributed by atoms with E-state index >= 15 is 0 Å². The quantitative estimate of drug-likeness (QED) is 0.459. The molecule has 0 saturated heterocycles. The maximum atomic E-state index is 13.3. The van der Waals surface area contributed by atoms with Crippen LogP contribution in [0.5, 0.6) is 5.75 Å². The third kappa shape index (κ3) is 7.25. The second-order valence-electron chi connectivity index (χ2n) is 7.55. The van der Waals surface area contributed by atoms with Crippen LogP contribution in [-0.4, -0.2) is 35.4 Å². The maximum Gasteiger partial charge on any atom is 0.261 e. The topological polar surface area (TPSA) is 58.6 Å². The molecule has 2 aromatic carbocycles. The van der Waals surface area contributed by atoms with Crippen LogP contribution in [0.15, 0.2) is 46.9 Å². The Kier molecular flexibility index (Phi) is 9.85. The van der Waals surface area contributed by atoms with E-state index in [1.165, 1.54) is 0 Å². The van der Waals surface area contributed by atoms with Crippen LogP contribution < -0.4 is 10.1 Å². The summed E-state index contributed by atoms with van der Waals surface area (Å²) in [5, 5.41) is 3.58. The Balaban J connectivity index is 2.25. The fraction of sp³-hybridized carbons (Fsp3) is 0.417. The van der Waals surface area contributed by atoms with Crippen LogP contribution in [0.25, 0.3) is 0 Å². The smallest absolute Gasteiger partial charge is 0.261 e. The Labute approximate surface area is 198 Å². The van der Waals surface area contributed by atoms with Crippen molar-refractivity contribution in [2.75, 3.05) is 6.61 Å². The summed E-state index contributed by atoms with van der Waals surface area (Å²) in [6.07, 6.45) is 1.33. The molecule has 31 heavy (non-hydrogen) atoms. The predicted molar refractivity (Wildman–Crippen MR) is 128 cm³/mol. The number of hydrogen-bond donors (Lipinski definition) is 1. The maximum absolute atomic E-state index is 13.3. The molecule has 0 aromatic heterocycles. The van der Waals surface area contributed by atoms with Crippen LogP contribution in [0.2, 0.25) is 5.02 Å². The van der Waals surface area contributed by atoms with Gasteiger partial charge in [0, 0.05) is 17.6 Å². The van der Waals surface area contributed by atoms with Crippen molar-refractivity contribution < 1.29 is 14.3 Å². The molecule has 0 spiro atoms. The minimum absolute atomic E-state index is 0.0400. The molecule has 0 aliphatic heterocycles. The molecule has 5 nitrogen and oxygen atoms in total. The largest absolute Gasteiger partial charge is 0.483 e. The number of benzene rings is 2. The standard InChI is InChI=1S/C24H30BrClN2O3/c1-5-17(4)27-24(30)21(6-2)28(14-18-10-8-7-9-16(18)3)23(29)15-31-22-12-11-19(26)13-20(22)25/h7-13,17,21H,5-6,14-15H2,1-4H3,(H,27,30)/t17-,21-/m1/s1. The summed E-state index contributed by atoms with van der Waals surface area (Å²) in [7, 11) is 0. The highest BCUT2D eigenvalue weighted by molar-refractivity contribution is 9.10.